The first-order valence-electron chi connectivity index (χ1n) is 11.7. The van der Waals surface area contributed by atoms with Gasteiger partial charge in [-0.25, -0.2) is 4.39 Å². The minimum Gasteiger partial charge on any atom is -0.348 e. The number of hydrogen-bond acceptors (Lipinski definition) is 4. The van der Waals surface area contributed by atoms with E-state index in [9.17, 15) is 0 Å². The van der Waals surface area contributed by atoms with Gasteiger partial charge in [0.05, 0.1) is 26.4 Å². The van der Waals surface area contributed by atoms with Crippen molar-refractivity contribution in [1.29, 1.82) is 0 Å². The second-order valence-electron chi connectivity index (χ2n) is 11.2. The molecule has 162 valence electrons. The van der Waals surface area contributed by atoms with Gasteiger partial charge in [-0.1, -0.05) is 26.0 Å². The van der Waals surface area contributed by atoms with Crippen molar-refractivity contribution in [3.8, 4) is 0 Å². The molecule has 4 nitrogen and oxygen atoms in total. The SMILES string of the molecule is C=C1CC2C3C(F)CC4(OCCO4)[C@@]3(C)CCC2[C@@]2(C)CCC3(C[C@H]12)OCCO3. The summed E-state index contributed by atoms with van der Waals surface area (Å²) < 4.78 is 40.1. The molecule has 4 saturated carbocycles. The number of hydrogen-bond donors (Lipinski definition) is 0. The Balaban J connectivity index is 1.34. The summed E-state index contributed by atoms with van der Waals surface area (Å²) in [7, 11) is 0. The molecular weight excluding hydrogens is 371 g/mol. The topological polar surface area (TPSA) is 36.9 Å². The standard InChI is InChI=1S/C24H35FO4/c1-15-12-16-17(21(2)6-7-23(13-18(15)21)26-8-9-27-23)4-5-22(3)20(16)19(25)14-24(22)28-10-11-29-24/h16-20H,1,4-14H2,2-3H3/t16?,17?,18-,19?,20?,21-,22+/m1/s1. The average molecular weight is 407 g/mol. The molecule has 0 aromatic rings. The Hall–Kier alpha value is -0.490. The third-order valence-corrected chi connectivity index (χ3v) is 10.2. The summed E-state index contributed by atoms with van der Waals surface area (Å²) in [4.78, 5) is 0. The van der Waals surface area contributed by atoms with Gasteiger partial charge in [-0.3, -0.25) is 0 Å². The molecule has 0 amide bonds. The number of ether oxygens (including phenoxy) is 4. The molecule has 29 heavy (non-hydrogen) atoms. The van der Waals surface area contributed by atoms with Crippen molar-refractivity contribution in [1.82, 2.24) is 0 Å². The largest absolute Gasteiger partial charge is 0.348 e. The van der Waals surface area contributed by atoms with E-state index in [2.05, 4.69) is 20.4 Å². The lowest BCUT2D eigenvalue weighted by Gasteiger charge is -2.62. The van der Waals surface area contributed by atoms with E-state index in [1.165, 1.54) is 5.57 Å². The van der Waals surface area contributed by atoms with Gasteiger partial charge in [0.1, 0.15) is 6.17 Å². The maximum absolute atomic E-state index is 15.7. The van der Waals surface area contributed by atoms with Gasteiger partial charge in [0.15, 0.2) is 11.6 Å². The van der Waals surface area contributed by atoms with Crippen LogP contribution in [0, 0.1) is 34.5 Å². The summed E-state index contributed by atoms with van der Waals surface area (Å²) >= 11 is 0. The fourth-order valence-electron chi connectivity index (χ4n) is 8.82. The highest BCUT2D eigenvalue weighted by molar-refractivity contribution is 5.23. The van der Waals surface area contributed by atoms with Gasteiger partial charge in [-0.15, -0.1) is 0 Å². The Morgan fingerprint density at radius 3 is 2.34 bits per heavy atom. The highest BCUT2D eigenvalue weighted by Gasteiger charge is 2.71. The summed E-state index contributed by atoms with van der Waals surface area (Å²) in [6.07, 6.45) is 5.55. The predicted molar refractivity (Wildman–Crippen MR) is 106 cm³/mol. The Morgan fingerprint density at radius 2 is 1.62 bits per heavy atom. The molecule has 2 heterocycles. The second kappa shape index (κ2) is 6.05. The van der Waals surface area contributed by atoms with Crippen molar-refractivity contribution >= 4 is 0 Å². The van der Waals surface area contributed by atoms with Crippen molar-refractivity contribution in [3.05, 3.63) is 12.2 Å². The minimum atomic E-state index is -0.852. The maximum atomic E-state index is 15.7. The van der Waals surface area contributed by atoms with Crippen LogP contribution < -0.4 is 0 Å². The van der Waals surface area contributed by atoms with Crippen molar-refractivity contribution in [2.24, 2.45) is 34.5 Å². The fraction of sp³-hybridized carbons (Fsp3) is 0.917. The van der Waals surface area contributed by atoms with E-state index < -0.39 is 17.7 Å². The lowest BCUT2D eigenvalue weighted by molar-refractivity contribution is -0.253. The Kier molecular flexibility index (Phi) is 4.01. The van der Waals surface area contributed by atoms with Crippen LogP contribution in [0.3, 0.4) is 0 Å². The first-order chi connectivity index (χ1) is 13.8. The highest BCUT2D eigenvalue weighted by Crippen LogP contribution is 2.71. The van der Waals surface area contributed by atoms with Gasteiger partial charge >= 0.3 is 0 Å². The van der Waals surface area contributed by atoms with Gasteiger partial charge < -0.3 is 18.9 Å². The molecule has 6 aliphatic rings. The Morgan fingerprint density at radius 1 is 0.931 bits per heavy atom. The zero-order chi connectivity index (χ0) is 20.1. The number of rotatable bonds is 0. The summed E-state index contributed by atoms with van der Waals surface area (Å²) in [5.41, 5.74) is 1.22. The number of halogens is 1. The van der Waals surface area contributed by atoms with Crippen molar-refractivity contribution in [3.63, 3.8) is 0 Å². The first kappa shape index (κ1) is 19.2. The van der Waals surface area contributed by atoms with Crippen LogP contribution in [0.5, 0.6) is 0 Å². The van der Waals surface area contributed by atoms with E-state index in [1.54, 1.807) is 0 Å². The summed E-state index contributed by atoms with van der Waals surface area (Å²) in [6, 6.07) is 0. The summed E-state index contributed by atoms with van der Waals surface area (Å²) in [5.74, 6) is 0.183. The fourth-order valence-corrected chi connectivity index (χ4v) is 8.82. The molecule has 0 aromatic heterocycles. The van der Waals surface area contributed by atoms with Crippen LogP contribution in [-0.2, 0) is 18.9 Å². The van der Waals surface area contributed by atoms with E-state index in [-0.39, 0.29) is 16.7 Å². The number of fused-ring (bicyclic) bond motifs is 6. The quantitative estimate of drug-likeness (QED) is 0.550. The zero-order valence-corrected chi connectivity index (χ0v) is 17.9. The smallest absolute Gasteiger partial charge is 0.176 e. The second-order valence-corrected chi connectivity index (χ2v) is 11.2. The van der Waals surface area contributed by atoms with Crippen LogP contribution in [0.15, 0.2) is 12.2 Å². The molecule has 0 radical (unpaired) electrons. The molecule has 2 saturated heterocycles. The molecule has 0 bridgehead atoms. The van der Waals surface area contributed by atoms with Crippen LogP contribution in [0.2, 0.25) is 0 Å². The van der Waals surface area contributed by atoms with Crippen LogP contribution >= 0.6 is 0 Å². The third-order valence-electron chi connectivity index (χ3n) is 10.2. The maximum Gasteiger partial charge on any atom is 0.176 e. The third kappa shape index (κ3) is 2.34. The predicted octanol–water partition coefficient (Wildman–Crippen LogP) is 4.63. The van der Waals surface area contributed by atoms with Crippen molar-refractivity contribution in [2.75, 3.05) is 26.4 Å². The van der Waals surface area contributed by atoms with Crippen molar-refractivity contribution < 1.29 is 23.3 Å². The molecule has 5 heteroatoms. The van der Waals surface area contributed by atoms with Crippen LogP contribution in [0.25, 0.3) is 0 Å². The van der Waals surface area contributed by atoms with E-state index in [4.69, 9.17) is 18.9 Å². The first-order valence-corrected chi connectivity index (χ1v) is 11.7. The van der Waals surface area contributed by atoms with E-state index in [1.807, 2.05) is 0 Å². The minimum absolute atomic E-state index is 0.00347. The molecular formula is C24H35FO4. The molecule has 2 spiro atoms. The van der Waals surface area contributed by atoms with Crippen LogP contribution in [0.1, 0.15) is 58.8 Å². The molecule has 4 unspecified atom stereocenters. The Bertz CT molecular complexity index is 712. The molecule has 7 atom stereocenters. The number of alkyl halides is 1. The Labute approximate surface area is 173 Å². The molecule has 4 aliphatic carbocycles. The molecule has 6 rings (SSSR count). The molecule has 0 N–H and O–H groups in total. The van der Waals surface area contributed by atoms with Gasteiger partial charge in [0.25, 0.3) is 0 Å². The lowest BCUT2D eigenvalue weighted by Crippen LogP contribution is -2.59. The van der Waals surface area contributed by atoms with Crippen molar-refractivity contribution in [2.45, 2.75) is 76.5 Å². The summed E-state index contributed by atoms with van der Waals surface area (Å²) in [6.45, 7) is 11.8. The molecule has 2 aliphatic heterocycles. The van der Waals surface area contributed by atoms with E-state index in [0.29, 0.717) is 50.6 Å². The lowest BCUT2D eigenvalue weighted by atomic mass is 9.43. The van der Waals surface area contributed by atoms with Crippen LogP contribution in [-0.4, -0.2) is 44.2 Å². The number of allylic oxidation sites excluding steroid dienone is 1. The summed E-state index contributed by atoms with van der Waals surface area (Å²) in [5, 5.41) is 0. The molecule has 0 aromatic carbocycles. The van der Waals surface area contributed by atoms with E-state index in [0.717, 1.165) is 38.5 Å². The normalized spacial score (nSPS) is 52.5. The van der Waals surface area contributed by atoms with Crippen LogP contribution in [0.4, 0.5) is 4.39 Å². The average Bonchev–Trinajstić information content (AvgIpc) is 3.38. The van der Waals surface area contributed by atoms with E-state index >= 15 is 4.39 Å². The monoisotopic (exact) mass is 406 g/mol. The molecule has 6 fully saturated rings. The van der Waals surface area contributed by atoms with Gasteiger partial charge in [-0.2, -0.15) is 0 Å². The highest BCUT2D eigenvalue weighted by atomic mass is 19.1. The zero-order valence-electron chi connectivity index (χ0n) is 17.9. The van der Waals surface area contributed by atoms with Gasteiger partial charge in [-0.05, 0) is 48.9 Å². The van der Waals surface area contributed by atoms with Gasteiger partial charge in [0.2, 0.25) is 0 Å². The van der Waals surface area contributed by atoms with Gasteiger partial charge in [0, 0.05) is 30.6 Å².